The molecule has 7 nitrogen and oxygen atoms in total. The summed E-state index contributed by atoms with van der Waals surface area (Å²) in [6, 6.07) is 6.03. The number of nitrogens with zero attached hydrogens (tertiary/aromatic N) is 2. The monoisotopic (exact) mass is 476 g/mol. The lowest BCUT2D eigenvalue weighted by Crippen LogP contribution is -2.29. The van der Waals surface area contributed by atoms with Gasteiger partial charge in [-0.3, -0.25) is 9.78 Å². The summed E-state index contributed by atoms with van der Waals surface area (Å²) in [7, 11) is -2.57. The second-order valence-corrected chi connectivity index (χ2v) is 10.1. The molecule has 0 unspecified atom stereocenters. The highest BCUT2D eigenvalue weighted by Gasteiger charge is 2.30. The Labute approximate surface area is 191 Å². The van der Waals surface area contributed by atoms with Gasteiger partial charge in [-0.2, -0.15) is 4.72 Å². The van der Waals surface area contributed by atoms with Crippen molar-refractivity contribution in [3.63, 3.8) is 0 Å². The maximum Gasteiger partial charge on any atom is 0.253 e. The fourth-order valence-electron chi connectivity index (χ4n) is 4.54. The van der Waals surface area contributed by atoms with Gasteiger partial charge in [-0.05, 0) is 56.5 Å². The van der Waals surface area contributed by atoms with Crippen molar-refractivity contribution in [3.8, 4) is 11.4 Å². The number of nitrogens with one attached hydrogen (secondary N) is 2. The maximum absolute atomic E-state index is 14.5. The lowest BCUT2D eigenvalue weighted by atomic mass is 10.1. The van der Waals surface area contributed by atoms with Crippen LogP contribution in [0.2, 0.25) is 0 Å². The number of carbonyl (C=O) groups excluding carboxylic acids is 1. The Morgan fingerprint density at radius 1 is 1.24 bits per heavy atom. The average Bonchev–Trinajstić information content (AvgIpc) is 3.39. The van der Waals surface area contributed by atoms with Gasteiger partial charge in [-0.25, -0.2) is 17.2 Å². The maximum atomic E-state index is 14.5. The Morgan fingerprint density at radius 2 is 1.94 bits per heavy atom. The molecular formula is C23H26F2N4O3S. The number of pyridine rings is 1. The van der Waals surface area contributed by atoms with Gasteiger partial charge >= 0.3 is 0 Å². The van der Waals surface area contributed by atoms with E-state index in [2.05, 4.69) is 10.3 Å². The van der Waals surface area contributed by atoms with Crippen LogP contribution in [0.15, 0.2) is 35.4 Å². The van der Waals surface area contributed by atoms with Crippen molar-refractivity contribution in [1.29, 1.82) is 0 Å². The standard InChI is InChI=1S/C23H26F2N4O3S/c1-13-10-20-17(11-18(13)25)21(23(30)26-3)22(29(20)15-6-4-5-7-15)19-9-8-16(12-27-19)33(31,32)28-14(2)24/h8-12,14-15,28H,4-7H2,1-3H3,(H,26,30)/t14-/m0/s1. The van der Waals surface area contributed by atoms with Crippen LogP contribution in [0.1, 0.15) is 54.6 Å². The first kappa shape index (κ1) is 23.3. The summed E-state index contributed by atoms with van der Waals surface area (Å²) in [5.41, 5.74) is 2.38. The van der Waals surface area contributed by atoms with Gasteiger partial charge < -0.3 is 9.88 Å². The molecule has 10 heteroatoms. The van der Waals surface area contributed by atoms with E-state index in [0.717, 1.165) is 44.3 Å². The minimum atomic E-state index is -4.07. The Kier molecular flexibility index (Phi) is 6.24. The summed E-state index contributed by atoms with van der Waals surface area (Å²) in [4.78, 5) is 17.1. The summed E-state index contributed by atoms with van der Waals surface area (Å²) in [6.07, 6.45) is 3.28. The van der Waals surface area contributed by atoms with E-state index in [0.29, 0.717) is 22.3 Å². The summed E-state index contributed by atoms with van der Waals surface area (Å²) in [6.45, 7) is 2.76. The smallest absolute Gasteiger partial charge is 0.253 e. The predicted octanol–water partition coefficient (Wildman–Crippen LogP) is 4.22. The van der Waals surface area contributed by atoms with Gasteiger partial charge in [0.15, 0.2) is 6.30 Å². The minimum absolute atomic E-state index is 0.102. The molecule has 0 spiro atoms. The van der Waals surface area contributed by atoms with Crippen molar-refractivity contribution in [2.45, 2.75) is 56.8 Å². The van der Waals surface area contributed by atoms with Crippen LogP contribution in [0.3, 0.4) is 0 Å². The first-order chi connectivity index (χ1) is 15.6. The molecular weight excluding hydrogens is 450 g/mol. The third-order valence-electron chi connectivity index (χ3n) is 6.03. The molecule has 1 aromatic carbocycles. The summed E-state index contributed by atoms with van der Waals surface area (Å²) in [5, 5.41) is 3.11. The summed E-state index contributed by atoms with van der Waals surface area (Å²) in [5.74, 6) is -0.801. The molecule has 33 heavy (non-hydrogen) atoms. The highest BCUT2D eigenvalue weighted by atomic mass is 32.2. The zero-order valence-electron chi connectivity index (χ0n) is 18.7. The van der Waals surface area contributed by atoms with Crippen molar-refractivity contribution in [3.05, 3.63) is 47.4 Å². The Balaban J connectivity index is 1.98. The van der Waals surface area contributed by atoms with E-state index in [1.165, 1.54) is 25.2 Å². The summed E-state index contributed by atoms with van der Waals surface area (Å²) < 4.78 is 56.3. The number of rotatable bonds is 6. The number of fused-ring (bicyclic) bond motifs is 1. The van der Waals surface area contributed by atoms with Crippen molar-refractivity contribution < 1.29 is 22.0 Å². The normalized spacial score (nSPS) is 15.8. The highest BCUT2D eigenvalue weighted by Crippen LogP contribution is 2.41. The molecule has 4 rings (SSSR count). The van der Waals surface area contributed by atoms with Crippen LogP contribution in [0.25, 0.3) is 22.3 Å². The van der Waals surface area contributed by atoms with E-state index in [9.17, 15) is 22.0 Å². The molecule has 3 aromatic rings. The van der Waals surface area contributed by atoms with Crippen molar-refractivity contribution >= 4 is 26.8 Å². The van der Waals surface area contributed by atoms with Crippen molar-refractivity contribution in [2.24, 2.45) is 0 Å². The molecule has 0 saturated heterocycles. The van der Waals surface area contributed by atoms with Crippen molar-refractivity contribution in [1.82, 2.24) is 19.6 Å². The molecule has 1 fully saturated rings. The Bertz CT molecular complexity index is 1310. The van der Waals surface area contributed by atoms with Gasteiger partial charge in [-0.15, -0.1) is 0 Å². The largest absolute Gasteiger partial charge is 0.355 e. The van der Waals surface area contributed by atoms with Gasteiger partial charge in [0.05, 0.1) is 22.5 Å². The van der Waals surface area contributed by atoms with Gasteiger partial charge in [0.2, 0.25) is 10.0 Å². The van der Waals surface area contributed by atoms with Crippen LogP contribution in [0, 0.1) is 12.7 Å². The molecule has 2 heterocycles. The lowest BCUT2D eigenvalue weighted by Gasteiger charge is -2.19. The first-order valence-corrected chi connectivity index (χ1v) is 12.3. The van der Waals surface area contributed by atoms with Crippen LogP contribution in [0.4, 0.5) is 8.78 Å². The van der Waals surface area contributed by atoms with E-state index in [4.69, 9.17) is 0 Å². The zero-order chi connectivity index (χ0) is 23.9. The molecule has 1 saturated carbocycles. The lowest BCUT2D eigenvalue weighted by molar-refractivity contribution is 0.0965. The number of sulfonamides is 1. The molecule has 1 aliphatic rings. The number of carbonyl (C=O) groups is 1. The van der Waals surface area contributed by atoms with Gasteiger partial charge in [0.1, 0.15) is 10.7 Å². The number of alkyl halides is 1. The number of hydrogen-bond donors (Lipinski definition) is 2. The highest BCUT2D eigenvalue weighted by molar-refractivity contribution is 7.89. The van der Waals surface area contributed by atoms with E-state index in [-0.39, 0.29) is 22.4 Å². The predicted molar refractivity (Wildman–Crippen MR) is 122 cm³/mol. The van der Waals surface area contributed by atoms with E-state index >= 15 is 0 Å². The molecule has 176 valence electrons. The molecule has 2 aromatic heterocycles. The Hall–Kier alpha value is -2.85. The second-order valence-electron chi connectivity index (χ2n) is 8.35. The van der Waals surface area contributed by atoms with Gasteiger partial charge in [0.25, 0.3) is 5.91 Å². The number of halogens is 2. The van der Waals surface area contributed by atoms with E-state index in [1.54, 1.807) is 13.0 Å². The van der Waals surface area contributed by atoms with Gasteiger partial charge in [-0.1, -0.05) is 12.8 Å². The zero-order valence-corrected chi connectivity index (χ0v) is 19.5. The minimum Gasteiger partial charge on any atom is -0.355 e. The third-order valence-corrected chi connectivity index (χ3v) is 7.53. The molecule has 2 N–H and O–H groups in total. The van der Waals surface area contributed by atoms with Crippen LogP contribution in [-0.2, 0) is 10.0 Å². The van der Waals surface area contributed by atoms with Crippen LogP contribution < -0.4 is 10.0 Å². The van der Waals surface area contributed by atoms with Gasteiger partial charge in [0, 0.05) is 24.7 Å². The number of hydrogen-bond acceptors (Lipinski definition) is 4. The van der Waals surface area contributed by atoms with Crippen LogP contribution >= 0.6 is 0 Å². The quantitative estimate of drug-likeness (QED) is 0.521. The van der Waals surface area contributed by atoms with Crippen LogP contribution in [0.5, 0.6) is 0 Å². The molecule has 1 amide bonds. The first-order valence-electron chi connectivity index (χ1n) is 10.8. The SMILES string of the molecule is CNC(=O)c1c(-c2ccc(S(=O)(=O)N[C@@H](C)F)cn2)n(C2CCCC2)c2cc(C)c(F)cc12. The fraction of sp³-hybridized carbons (Fsp3) is 0.391. The number of benzene rings is 1. The molecule has 0 bridgehead atoms. The number of aromatic nitrogens is 2. The van der Waals surface area contributed by atoms with Crippen molar-refractivity contribution in [2.75, 3.05) is 7.05 Å². The average molecular weight is 477 g/mol. The topological polar surface area (TPSA) is 93.1 Å². The van der Waals surface area contributed by atoms with E-state index in [1.807, 2.05) is 9.29 Å². The molecule has 0 aliphatic heterocycles. The Morgan fingerprint density at radius 3 is 2.52 bits per heavy atom. The fourth-order valence-corrected chi connectivity index (χ4v) is 5.55. The second kappa shape index (κ2) is 8.83. The molecule has 0 radical (unpaired) electrons. The molecule has 1 aliphatic carbocycles. The number of aryl methyl sites for hydroxylation is 1. The van der Waals surface area contributed by atoms with Crippen LogP contribution in [-0.4, -0.2) is 37.2 Å². The third kappa shape index (κ3) is 4.24. The molecule has 1 atom stereocenters. The summed E-state index contributed by atoms with van der Waals surface area (Å²) >= 11 is 0. The van der Waals surface area contributed by atoms with E-state index < -0.39 is 22.1 Å². The number of amides is 1.